The summed E-state index contributed by atoms with van der Waals surface area (Å²) in [5.41, 5.74) is 3.09. The minimum atomic E-state index is 0.481. The Morgan fingerprint density at radius 2 is 2.11 bits per heavy atom. The maximum absolute atomic E-state index is 5.81. The van der Waals surface area contributed by atoms with Gasteiger partial charge in [-0.1, -0.05) is 12.1 Å². The highest BCUT2D eigenvalue weighted by atomic mass is 79.9. The zero-order chi connectivity index (χ0) is 13.8. The van der Waals surface area contributed by atoms with Crippen LogP contribution in [0, 0.1) is 6.92 Å². The Balaban J connectivity index is 2.08. The lowest BCUT2D eigenvalue weighted by atomic mass is 10.2. The molecule has 0 aliphatic carbocycles. The highest BCUT2D eigenvalue weighted by Gasteiger charge is 2.11. The number of halogens is 1. The number of hydrogen-bond acceptors (Lipinski definition) is 3. The van der Waals surface area contributed by atoms with E-state index in [1.54, 1.807) is 7.11 Å². The smallest absolute Gasteiger partial charge is 0.131 e. The zero-order valence-corrected chi connectivity index (χ0v) is 12.9. The molecule has 1 aromatic heterocycles. The van der Waals surface area contributed by atoms with Gasteiger partial charge in [0.25, 0.3) is 0 Å². The molecule has 2 rings (SSSR count). The molecule has 0 bridgehead atoms. The Bertz CT molecular complexity index is 567. The van der Waals surface area contributed by atoms with Gasteiger partial charge in [0.05, 0.1) is 22.5 Å². The Kier molecular flexibility index (Phi) is 4.61. The third-order valence-electron chi connectivity index (χ3n) is 2.85. The molecule has 5 heteroatoms. The van der Waals surface area contributed by atoms with E-state index in [9.17, 15) is 0 Å². The third-order valence-corrected chi connectivity index (χ3v) is 3.88. The Labute approximate surface area is 121 Å². The summed E-state index contributed by atoms with van der Waals surface area (Å²) in [5, 5.41) is 4.34. The molecule has 0 amide bonds. The standard InChI is InChI=1S/C14H17BrN2O2/c1-10-14(15)13(17(2)16-10)9-19-12-6-4-5-11(7-12)8-18-3/h4-7H,8-9H2,1-3H3. The van der Waals surface area contributed by atoms with Crippen LogP contribution >= 0.6 is 15.9 Å². The number of aromatic nitrogens is 2. The molecule has 1 heterocycles. The fraction of sp³-hybridized carbons (Fsp3) is 0.357. The molecule has 0 radical (unpaired) electrons. The predicted octanol–water partition coefficient (Wildman–Crippen LogP) is 3.22. The zero-order valence-electron chi connectivity index (χ0n) is 11.3. The highest BCUT2D eigenvalue weighted by Crippen LogP contribution is 2.22. The molecule has 0 spiro atoms. The quantitative estimate of drug-likeness (QED) is 0.847. The molecule has 4 nitrogen and oxygen atoms in total. The van der Waals surface area contributed by atoms with E-state index in [1.165, 1.54) is 0 Å². The van der Waals surface area contributed by atoms with Gasteiger partial charge in [0.15, 0.2) is 0 Å². The van der Waals surface area contributed by atoms with Gasteiger partial charge in [0.1, 0.15) is 12.4 Å². The van der Waals surface area contributed by atoms with E-state index in [-0.39, 0.29) is 0 Å². The first-order valence-corrected chi connectivity index (χ1v) is 6.79. The predicted molar refractivity (Wildman–Crippen MR) is 77.1 cm³/mol. The number of nitrogens with zero attached hydrogens (tertiary/aromatic N) is 2. The average molecular weight is 325 g/mol. The van der Waals surface area contributed by atoms with Crippen LogP contribution in [-0.4, -0.2) is 16.9 Å². The fourth-order valence-electron chi connectivity index (χ4n) is 1.88. The summed E-state index contributed by atoms with van der Waals surface area (Å²) in [7, 11) is 3.60. The number of methoxy groups -OCH3 is 1. The van der Waals surface area contributed by atoms with Crippen molar-refractivity contribution in [2.75, 3.05) is 7.11 Å². The first kappa shape index (κ1) is 14.1. The minimum absolute atomic E-state index is 0.481. The molecule has 2 aromatic rings. The fourth-order valence-corrected chi connectivity index (χ4v) is 2.33. The van der Waals surface area contributed by atoms with E-state index < -0.39 is 0 Å². The molecule has 1 aromatic carbocycles. The van der Waals surface area contributed by atoms with Crippen LogP contribution in [0.15, 0.2) is 28.7 Å². The van der Waals surface area contributed by atoms with E-state index in [1.807, 2.05) is 42.9 Å². The summed E-state index contributed by atoms with van der Waals surface area (Å²) >= 11 is 3.53. The van der Waals surface area contributed by atoms with Crippen LogP contribution in [0.2, 0.25) is 0 Å². The summed E-state index contributed by atoms with van der Waals surface area (Å²) in [6.45, 7) is 3.03. The van der Waals surface area contributed by atoms with Crippen LogP contribution in [0.3, 0.4) is 0 Å². The van der Waals surface area contributed by atoms with Crippen LogP contribution in [0.5, 0.6) is 5.75 Å². The van der Waals surface area contributed by atoms with E-state index in [0.717, 1.165) is 27.2 Å². The van der Waals surface area contributed by atoms with Crippen molar-refractivity contribution >= 4 is 15.9 Å². The van der Waals surface area contributed by atoms with Crippen molar-refractivity contribution in [2.45, 2.75) is 20.1 Å². The van der Waals surface area contributed by atoms with Crippen molar-refractivity contribution in [3.63, 3.8) is 0 Å². The van der Waals surface area contributed by atoms with Gasteiger partial charge in [-0.2, -0.15) is 5.10 Å². The number of hydrogen-bond donors (Lipinski definition) is 0. The van der Waals surface area contributed by atoms with Crippen molar-refractivity contribution in [3.8, 4) is 5.75 Å². The minimum Gasteiger partial charge on any atom is -0.487 e. The third kappa shape index (κ3) is 3.36. The monoisotopic (exact) mass is 324 g/mol. The van der Waals surface area contributed by atoms with Crippen molar-refractivity contribution in [1.82, 2.24) is 9.78 Å². The van der Waals surface area contributed by atoms with Gasteiger partial charge in [-0.25, -0.2) is 0 Å². The second-order valence-corrected chi connectivity index (χ2v) is 5.13. The Morgan fingerprint density at radius 1 is 1.32 bits per heavy atom. The number of ether oxygens (including phenoxy) is 2. The van der Waals surface area contributed by atoms with Crippen molar-refractivity contribution in [1.29, 1.82) is 0 Å². The van der Waals surface area contributed by atoms with Gasteiger partial charge in [-0.05, 0) is 40.5 Å². The van der Waals surface area contributed by atoms with Gasteiger partial charge < -0.3 is 9.47 Å². The topological polar surface area (TPSA) is 36.3 Å². The number of rotatable bonds is 5. The largest absolute Gasteiger partial charge is 0.487 e. The van der Waals surface area contributed by atoms with Crippen molar-refractivity contribution in [2.24, 2.45) is 7.05 Å². The summed E-state index contributed by atoms with van der Waals surface area (Å²) in [5.74, 6) is 0.834. The van der Waals surface area contributed by atoms with Gasteiger partial charge in [0, 0.05) is 14.2 Å². The van der Waals surface area contributed by atoms with Gasteiger partial charge in [-0.3, -0.25) is 4.68 Å². The van der Waals surface area contributed by atoms with E-state index in [4.69, 9.17) is 9.47 Å². The molecule has 0 N–H and O–H groups in total. The van der Waals surface area contributed by atoms with Crippen molar-refractivity contribution in [3.05, 3.63) is 45.7 Å². The SMILES string of the molecule is COCc1cccc(OCc2c(Br)c(C)nn2C)c1. The number of aryl methyl sites for hydroxylation is 2. The lowest BCUT2D eigenvalue weighted by Crippen LogP contribution is -2.04. The molecular weight excluding hydrogens is 308 g/mol. The Morgan fingerprint density at radius 3 is 2.74 bits per heavy atom. The molecule has 0 saturated heterocycles. The first-order chi connectivity index (χ1) is 9.11. The molecule has 102 valence electrons. The average Bonchev–Trinajstić information content (AvgIpc) is 2.62. The lowest BCUT2D eigenvalue weighted by molar-refractivity contribution is 0.184. The highest BCUT2D eigenvalue weighted by molar-refractivity contribution is 9.10. The molecule has 0 atom stereocenters. The van der Waals surface area contributed by atoms with Crippen LogP contribution in [0.4, 0.5) is 0 Å². The van der Waals surface area contributed by atoms with Crippen LogP contribution in [-0.2, 0) is 25.0 Å². The maximum atomic E-state index is 5.81. The maximum Gasteiger partial charge on any atom is 0.131 e. The molecule has 0 fully saturated rings. The van der Waals surface area contributed by atoms with E-state index in [2.05, 4.69) is 21.0 Å². The van der Waals surface area contributed by atoms with Gasteiger partial charge in [0.2, 0.25) is 0 Å². The molecule has 0 aliphatic heterocycles. The summed E-state index contributed by atoms with van der Waals surface area (Å²) in [4.78, 5) is 0. The van der Waals surface area contributed by atoms with Crippen LogP contribution < -0.4 is 4.74 Å². The second-order valence-electron chi connectivity index (χ2n) is 4.34. The van der Waals surface area contributed by atoms with Gasteiger partial charge in [-0.15, -0.1) is 0 Å². The molecule has 19 heavy (non-hydrogen) atoms. The number of benzene rings is 1. The van der Waals surface area contributed by atoms with Crippen LogP contribution in [0.1, 0.15) is 17.0 Å². The summed E-state index contributed by atoms with van der Waals surface area (Å²) < 4.78 is 13.8. The van der Waals surface area contributed by atoms with Crippen LogP contribution in [0.25, 0.3) is 0 Å². The lowest BCUT2D eigenvalue weighted by Gasteiger charge is -2.08. The van der Waals surface area contributed by atoms with E-state index in [0.29, 0.717) is 13.2 Å². The normalized spacial score (nSPS) is 10.7. The molecule has 0 aliphatic rings. The second kappa shape index (κ2) is 6.21. The van der Waals surface area contributed by atoms with Crippen molar-refractivity contribution < 1.29 is 9.47 Å². The summed E-state index contributed by atoms with van der Waals surface area (Å²) in [6.07, 6.45) is 0. The first-order valence-electron chi connectivity index (χ1n) is 6.00. The van der Waals surface area contributed by atoms with Gasteiger partial charge >= 0.3 is 0 Å². The van der Waals surface area contributed by atoms with E-state index >= 15 is 0 Å². The Hall–Kier alpha value is -1.33. The summed E-state index contributed by atoms with van der Waals surface area (Å²) in [6, 6.07) is 7.91. The molecule has 0 unspecified atom stereocenters. The molecular formula is C14H17BrN2O2. The molecule has 0 saturated carbocycles.